The second kappa shape index (κ2) is 9.69. The minimum absolute atomic E-state index is 0.0143. The lowest BCUT2D eigenvalue weighted by molar-refractivity contribution is -0.117. The van der Waals surface area contributed by atoms with Gasteiger partial charge in [-0.3, -0.25) is 19.3 Å². The molecule has 0 spiro atoms. The largest absolute Gasteiger partial charge is 0.351 e. The number of hydrogen-bond acceptors (Lipinski definition) is 5. The van der Waals surface area contributed by atoms with Crippen molar-refractivity contribution in [2.45, 2.75) is 0 Å². The van der Waals surface area contributed by atoms with Gasteiger partial charge in [0.25, 0.3) is 11.7 Å². The summed E-state index contributed by atoms with van der Waals surface area (Å²) in [6.07, 6.45) is 0. The Morgan fingerprint density at radius 3 is 2.20 bits per heavy atom. The number of carbonyl (C=O) groups is 3. The van der Waals surface area contributed by atoms with Gasteiger partial charge in [-0.05, 0) is 47.8 Å². The van der Waals surface area contributed by atoms with Crippen LogP contribution in [-0.4, -0.2) is 17.6 Å². The third-order valence-corrected chi connectivity index (χ3v) is 6.74. The van der Waals surface area contributed by atoms with E-state index in [2.05, 4.69) is 26.6 Å². The molecule has 1 aromatic heterocycles. The zero-order valence-corrected chi connectivity index (χ0v) is 20.6. The van der Waals surface area contributed by atoms with E-state index in [1.165, 1.54) is 16.2 Å². The average Bonchev–Trinajstić information content (AvgIpc) is 3.37. The number of Topliss-reactive ketones (excluding diaryl/α,β-unsaturated/α-hetero) is 1. The summed E-state index contributed by atoms with van der Waals surface area (Å²) >= 11 is 4.67. The summed E-state index contributed by atoms with van der Waals surface area (Å²) < 4.78 is 0.800. The van der Waals surface area contributed by atoms with Crippen molar-refractivity contribution in [3.8, 4) is 0 Å². The van der Waals surface area contributed by atoms with Crippen LogP contribution in [0.5, 0.6) is 0 Å². The second-order valence-electron chi connectivity index (χ2n) is 7.64. The summed E-state index contributed by atoms with van der Waals surface area (Å²) in [6.45, 7) is 0. The number of fused-ring (bicyclic) bond motifs is 1. The van der Waals surface area contributed by atoms with Crippen molar-refractivity contribution in [3.05, 3.63) is 117 Å². The van der Waals surface area contributed by atoms with Crippen LogP contribution in [0.25, 0.3) is 5.70 Å². The van der Waals surface area contributed by atoms with Crippen molar-refractivity contribution in [1.29, 1.82) is 0 Å². The fraction of sp³-hybridized carbons (Fsp3) is 0. The first-order valence-electron chi connectivity index (χ1n) is 10.7. The minimum atomic E-state index is -0.830. The topological polar surface area (TPSA) is 78.5 Å². The Hall–Kier alpha value is -4.01. The molecule has 0 aliphatic carbocycles. The molecule has 2 N–H and O–H groups in total. The number of thiophene rings is 1. The van der Waals surface area contributed by atoms with Gasteiger partial charge in [0, 0.05) is 15.7 Å². The molecule has 6 nitrogen and oxygen atoms in total. The molecule has 8 heteroatoms. The molecule has 35 heavy (non-hydrogen) atoms. The highest BCUT2D eigenvalue weighted by Crippen LogP contribution is 2.35. The van der Waals surface area contributed by atoms with Gasteiger partial charge in [0.1, 0.15) is 5.70 Å². The van der Waals surface area contributed by atoms with Crippen LogP contribution >= 0.6 is 27.3 Å². The van der Waals surface area contributed by atoms with E-state index in [0.717, 1.165) is 4.47 Å². The number of para-hydroxylation sites is 3. The molecular formula is C27H18BrN3O3S. The number of anilines is 3. The average molecular weight is 544 g/mol. The fourth-order valence-corrected chi connectivity index (χ4v) is 4.85. The lowest BCUT2D eigenvalue weighted by Gasteiger charge is -2.26. The molecule has 2 heterocycles. The maximum Gasteiger partial charge on any atom is 0.305 e. The predicted molar refractivity (Wildman–Crippen MR) is 142 cm³/mol. The molecule has 0 fully saturated rings. The van der Waals surface area contributed by atoms with E-state index in [1.807, 2.05) is 42.5 Å². The van der Waals surface area contributed by atoms with Crippen molar-refractivity contribution < 1.29 is 14.4 Å². The normalized spacial score (nSPS) is 12.8. The Balaban J connectivity index is 1.76. The Morgan fingerprint density at radius 1 is 0.800 bits per heavy atom. The number of amides is 2. The number of hydrogen-bond donors (Lipinski definition) is 2. The maximum atomic E-state index is 13.8. The predicted octanol–water partition coefficient (Wildman–Crippen LogP) is 6.16. The van der Waals surface area contributed by atoms with Gasteiger partial charge in [-0.2, -0.15) is 0 Å². The van der Waals surface area contributed by atoms with Gasteiger partial charge < -0.3 is 10.6 Å². The number of halogens is 1. The standard InChI is InChI=1S/C27H18BrN3O3S/c28-18-9-6-8-17(16-18)23-24(26(33)30-21-13-5-4-12-20(21)29-23)31(19-10-2-1-3-11-19)27(34)25(32)22-14-7-15-35-22/h1-16,29H,(H,30,33). The summed E-state index contributed by atoms with van der Waals surface area (Å²) in [5.74, 6) is -2.04. The molecule has 172 valence electrons. The van der Waals surface area contributed by atoms with Crippen molar-refractivity contribution in [2.75, 3.05) is 15.5 Å². The van der Waals surface area contributed by atoms with Gasteiger partial charge in [-0.15, -0.1) is 11.3 Å². The number of nitrogens with one attached hydrogen (secondary N) is 2. The number of nitrogens with zero attached hydrogens (tertiary/aromatic N) is 1. The molecule has 3 aromatic carbocycles. The monoisotopic (exact) mass is 543 g/mol. The molecule has 5 rings (SSSR count). The third-order valence-electron chi connectivity index (χ3n) is 5.38. The summed E-state index contributed by atoms with van der Waals surface area (Å²) in [6, 6.07) is 26.7. The van der Waals surface area contributed by atoms with Gasteiger partial charge in [-0.25, -0.2) is 0 Å². The van der Waals surface area contributed by atoms with E-state index in [0.29, 0.717) is 33.2 Å². The Labute approximate surface area is 214 Å². The second-order valence-corrected chi connectivity index (χ2v) is 9.50. The molecule has 1 aliphatic rings. The van der Waals surface area contributed by atoms with Crippen LogP contribution < -0.4 is 15.5 Å². The van der Waals surface area contributed by atoms with Gasteiger partial charge in [-0.1, -0.05) is 64.5 Å². The van der Waals surface area contributed by atoms with E-state index >= 15 is 0 Å². The van der Waals surface area contributed by atoms with Crippen LogP contribution in [0.2, 0.25) is 0 Å². The van der Waals surface area contributed by atoms with Crippen LogP contribution in [0, 0.1) is 0 Å². The van der Waals surface area contributed by atoms with Crippen LogP contribution in [0.4, 0.5) is 17.1 Å². The first-order valence-corrected chi connectivity index (χ1v) is 12.3. The van der Waals surface area contributed by atoms with E-state index < -0.39 is 17.6 Å². The molecule has 0 unspecified atom stereocenters. The van der Waals surface area contributed by atoms with Crippen molar-refractivity contribution >= 4 is 67.6 Å². The van der Waals surface area contributed by atoms with Gasteiger partial charge in [0.05, 0.1) is 21.9 Å². The number of rotatable bonds is 5. The molecule has 0 atom stereocenters. The third kappa shape index (κ3) is 4.53. The summed E-state index contributed by atoms with van der Waals surface area (Å²) in [5, 5.41) is 7.96. The van der Waals surface area contributed by atoms with E-state index in [9.17, 15) is 14.4 Å². The molecule has 0 saturated carbocycles. The number of ketones is 1. The smallest absolute Gasteiger partial charge is 0.305 e. The zero-order valence-electron chi connectivity index (χ0n) is 18.2. The van der Waals surface area contributed by atoms with E-state index in [1.54, 1.807) is 53.9 Å². The summed E-state index contributed by atoms with van der Waals surface area (Å²) in [4.78, 5) is 42.2. The van der Waals surface area contributed by atoms with E-state index in [4.69, 9.17) is 0 Å². The van der Waals surface area contributed by atoms with Crippen LogP contribution in [0.15, 0.2) is 107 Å². The quantitative estimate of drug-likeness (QED) is 0.233. The van der Waals surface area contributed by atoms with Crippen LogP contribution in [0.3, 0.4) is 0 Å². The highest BCUT2D eigenvalue weighted by atomic mass is 79.9. The van der Waals surface area contributed by atoms with Crippen LogP contribution in [0.1, 0.15) is 15.2 Å². The first-order chi connectivity index (χ1) is 17.0. The molecule has 1 aliphatic heterocycles. The fourth-order valence-electron chi connectivity index (χ4n) is 3.80. The highest BCUT2D eigenvalue weighted by molar-refractivity contribution is 9.10. The zero-order chi connectivity index (χ0) is 24.4. The molecule has 4 aromatic rings. The number of benzene rings is 3. The maximum absolute atomic E-state index is 13.8. The van der Waals surface area contributed by atoms with Gasteiger partial charge in [0.2, 0.25) is 0 Å². The lowest BCUT2D eigenvalue weighted by atomic mass is 10.1. The Morgan fingerprint density at radius 2 is 1.51 bits per heavy atom. The first kappa shape index (κ1) is 22.8. The molecule has 0 bridgehead atoms. The summed E-state index contributed by atoms with van der Waals surface area (Å²) in [7, 11) is 0. The minimum Gasteiger partial charge on any atom is -0.351 e. The SMILES string of the molecule is O=C1Nc2ccccc2NC(c2cccc(Br)c2)=C1N(C(=O)C(=O)c1cccs1)c1ccccc1. The molecule has 0 saturated heterocycles. The molecular weight excluding hydrogens is 526 g/mol. The van der Waals surface area contributed by atoms with E-state index in [-0.39, 0.29) is 5.70 Å². The van der Waals surface area contributed by atoms with Gasteiger partial charge in [0.15, 0.2) is 0 Å². The lowest BCUT2D eigenvalue weighted by Crippen LogP contribution is -2.40. The van der Waals surface area contributed by atoms with Crippen LogP contribution in [-0.2, 0) is 9.59 Å². The Kier molecular flexibility index (Phi) is 6.31. The van der Waals surface area contributed by atoms with Crippen molar-refractivity contribution in [1.82, 2.24) is 0 Å². The highest BCUT2D eigenvalue weighted by Gasteiger charge is 2.35. The van der Waals surface area contributed by atoms with Gasteiger partial charge >= 0.3 is 5.91 Å². The van der Waals surface area contributed by atoms with Crippen molar-refractivity contribution in [3.63, 3.8) is 0 Å². The number of carbonyl (C=O) groups excluding carboxylic acids is 3. The Bertz CT molecular complexity index is 1470. The molecule has 2 amide bonds. The van der Waals surface area contributed by atoms with Crippen molar-refractivity contribution in [2.24, 2.45) is 0 Å². The molecule has 0 radical (unpaired) electrons. The summed E-state index contributed by atoms with van der Waals surface area (Å²) in [5.41, 5.74) is 2.69.